The first-order chi connectivity index (χ1) is 21.3. The Balaban J connectivity index is 1.24. The number of amides is 2. The lowest BCUT2D eigenvalue weighted by Crippen LogP contribution is -2.52. The number of carbonyl (C=O) groups is 1. The Hall–Kier alpha value is -4.44. The van der Waals surface area contributed by atoms with Gasteiger partial charge < -0.3 is 25.3 Å². The van der Waals surface area contributed by atoms with Crippen molar-refractivity contribution >= 4 is 18.2 Å². The minimum absolute atomic E-state index is 0.143. The van der Waals surface area contributed by atoms with E-state index in [0.717, 1.165) is 57.0 Å². The molecule has 2 saturated heterocycles. The number of aryl methyl sites for hydroxylation is 2. The van der Waals surface area contributed by atoms with E-state index in [2.05, 4.69) is 15.3 Å². The number of nitrogens with one attached hydrogen (secondary N) is 2. The molecule has 0 unspecified atom stereocenters. The number of carbonyl (C=O) groups excluding carboxylic acids is 1. The van der Waals surface area contributed by atoms with Gasteiger partial charge in [0.05, 0.1) is 29.6 Å². The Morgan fingerprint density at radius 1 is 1.20 bits per heavy atom. The summed E-state index contributed by atoms with van der Waals surface area (Å²) in [5.74, 6) is -0.126. The molecule has 11 nitrogen and oxygen atoms in total. The number of nitrogens with zero attached hydrogens (tertiary/aromatic N) is 7. The lowest BCUT2D eigenvalue weighted by Gasteiger charge is -2.35. The number of aromatic nitrogens is 4. The third kappa shape index (κ3) is 7.02. The third-order valence-corrected chi connectivity index (χ3v) is 8.39. The zero-order valence-electron chi connectivity index (χ0n) is 25.0. The van der Waals surface area contributed by atoms with Gasteiger partial charge in [0.25, 0.3) is 0 Å². The van der Waals surface area contributed by atoms with Crippen LogP contribution in [0.15, 0.2) is 24.4 Å². The number of piperazine rings is 1. The fourth-order valence-corrected chi connectivity index (χ4v) is 5.91. The van der Waals surface area contributed by atoms with E-state index in [1.165, 1.54) is 18.3 Å². The maximum Gasteiger partial charge on any atom is 0.318 e. The van der Waals surface area contributed by atoms with Crippen molar-refractivity contribution in [3.8, 4) is 17.3 Å². The van der Waals surface area contributed by atoms with Gasteiger partial charge in [0.2, 0.25) is 5.95 Å². The number of halogens is 2. The van der Waals surface area contributed by atoms with Crippen LogP contribution in [0.2, 0.25) is 0 Å². The number of rotatable bonds is 9. The van der Waals surface area contributed by atoms with Crippen molar-refractivity contribution in [3.63, 3.8) is 0 Å². The minimum Gasteiger partial charge on any atom is -0.381 e. The average Bonchev–Trinajstić information content (AvgIpc) is 3.32. The van der Waals surface area contributed by atoms with Crippen molar-refractivity contribution in [2.75, 3.05) is 44.3 Å². The lowest BCUT2D eigenvalue weighted by molar-refractivity contribution is 0.0622. The van der Waals surface area contributed by atoms with Crippen LogP contribution in [-0.4, -0.2) is 76.3 Å². The van der Waals surface area contributed by atoms with Gasteiger partial charge in [0.1, 0.15) is 11.5 Å². The highest BCUT2D eigenvalue weighted by atomic mass is 19.1. The summed E-state index contributed by atoms with van der Waals surface area (Å²) in [4.78, 5) is 25.5. The normalized spacial score (nSPS) is 16.4. The van der Waals surface area contributed by atoms with E-state index >= 15 is 4.39 Å². The molecule has 2 amide bonds. The molecule has 13 heteroatoms. The van der Waals surface area contributed by atoms with Crippen LogP contribution >= 0.6 is 0 Å². The summed E-state index contributed by atoms with van der Waals surface area (Å²) < 4.78 is 36.6. The molecule has 1 aromatic carbocycles. The summed E-state index contributed by atoms with van der Waals surface area (Å²) in [5.41, 5.74) is 3.01. The molecular formula is C31H37F2N9O2. The van der Waals surface area contributed by atoms with Gasteiger partial charge in [-0.3, -0.25) is 4.68 Å². The highest BCUT2D eigenvalue weighted by molar-refractivity contribution is 5.76. The zero-order valence-corrected chi connectivity index (χ0v) is 25.0. The van der Waals surface area contributed by atoms with Crippen LogP contribution in [0.1, 0.15) is 54.2 Å². The predicted octanol–water partition coefficient (Wildman–Crippen LogP) is 4.54. The largest absolute Gasteiger partial charge is 0.381 e. The molecule has 232 valence electrons. The van der Waals surface area contributed by atoms with Crippen LogP contribution in [0.25, 0.3) is 11.3 Å². The quantitative estimate of drug-likeness (QED) is 0.342. The third-order valence-electron chi connectivity index (χ3n) is 8.39. The molecule has 2 aliphatic rings. The Morgan fingerprint density at radius 2 is 1.95 bits per heavy atom. The zero-order chi connectivity index (χ0) is 31.2. The van der Waals surface area contributed by atoms with Crippen LogP contribution in [-0.2, 0) is 11.3 Å². The standard InChI is InChI=1S/C31H37F2N9O2/c1-20-28(21(2)42(39-20)8-4-22-5-13-44-14-6-22)29-26(33)19-36-30(38-29)40-9-11-41(12-10-40)31(43)37-27(3-7-34)24-15-23(18-35)16-25(32)17-24/h7,15-17,19,22,27,34H,3-6,8-14H2,1-2H3,(H,37,43)/t27-/m0/s1. The molecule has 0 spiro atoms. The smallest absolute Gasteiger partial charge is 0.318 e. The topological polar surface area (TPSA) is 136 Å². The number of benzene rings is 1. The molecule has 3 aromatic rings. The molecule has 1 atom stereocenters. The van der Waals surface area contributed by atoms with Gasteiger partial charge >= 0.3 is 6.03 Å². The van der Waals surface area contributed by atoms with Gasteiger partial charge in [-0.25, -0.2) is 23.5 Å². The van der Waals surface area contributed by atoms with E-state index in [1.807, 2.05) is 29.5 Å². The molecule has 44 heavy (non-hydrogen) atoms. The first kappa shape index (κ1) is 31.0. The molecule has 0 aliphatic carbocycles. The van der Waals surface area contributed by atoms with Crippen molar-refractivity contribution in [1.82, 2.24) is 30.0 Å². The number of hydrogen-bond donors (Lipinski definition) is 2. The number of urea groups is 1. The van der Waals surface area contributed by atoms with E-state index in [-0.39, 0.29) is 23.7 Å². The van der Waals surface area contributed by atoms with Gasteiger partial charge in [0, 0.05) is 63.6 Å². The highest BCUT2D eigenvalue weighted by Gasteiger charge is 2.27. The summed E-state index contributed by atoms with van der Waals surface area (Å²) in [6, 6.07) is 4.79. The van der Waals surface area contributed by atoms with Gasteiger partial charge in [0.15, 0.2) is 5.82 Å². The van der Waals surface area contributed by atoms with Gasteiger partial charge in [-0.05, 0) is 69.0 Å². The summed E-state index contributed by atoms with van der Waals surface area (Å²) in [5, 5.41) is 24.3. The summed E-state index contributed by atoms with van der Waals surface area (Å²) in [7, 11) is 0. The fraction of sp³-hybridized carbons (Fsp3) is 0.484. The summed E-state index contributed by atoms with van der Waals surface area (Å²) in [6.07, 6.45) is 5.56. The number of nitriles is 1. The Morgan fingerprint density at radius 3 is 2.66 bits per heavy atom. The second-order valence-electron chi connectivity index (χ2n) is 11.3. The molecule has 2 fully saturated rings. The highest BCUT2D eigenvalue weighted by Crippen LogP contribution is 2.30. The SMILES string of the molecule is Cc1nn(CCC2CCOCC2)c(C)c1-c1nc(N2CCN(C(=O)N[C@@H](CC=N)c3cc(F)cc(C#N)c3)CC2)ncc1F. The van der Waals surface area contributed by atoms with E-state index in [9.17, 15) is 14.4 Å². The fourth-order valence-electron chi connectivity index (χ4n) is 5.91. The average molecular weight is 606 g/mol. The summed E-state index contributed by atoms with van der Waals surface area (Å²) in [6.45, 7) is 7.71. The van der Waals surface area contributed by atoms with Crippen LogP contribution in [0, 0.1) is 48.1 Å². The molecule has 4 heterocycles. The Labute approximate surface area is 255 Å². The number of anilines is 1. The van der Waals surface area contributed by atoms with Crippen LogP contribution < -0.4 is 10.2 Å². The molecule has 0 saturated carbocycles. The van der Waals surface area contributed by atoms with Crippen LogP contribution in [0.5, 0.6) is 0 Å². The van der Waals surface area contributed by atoms with E-state index in [1.54, 1.807) is 4.90 Å². The predicted molar refractivity (Wildman–Crippen MR) is 160 cm³/mol. The van der Waals surface area contributed by atoms with Gasteiger partial charge in [-0.15, -0.1) is 0 Å². The first-order valence-corrected chi connectivity index (χ1v) is 14.9. The van der Waals surface area contributed by atoms with Gasteiger partial charge in [-0.2, -0.15) is 10.4 Å². The van der Waals surface area contributed by atoms with Crippen molar-refractivity contribution in [2.24, 2.45) is 5.92 Å². The second-order valence-corrected chi connectivity index (χ2v) is 11.3. The Kier molecular flexibility index (Phi) is 9.79. The molecule has 2 aliphatic heterocycles. The first-order valence-electron chi connectivity index (χ1n) is 14.9. The van der Waals surface area contributed by atoms with Crippen molar-refractivity contribution in [2.45, 2.75) is 52.1 Å². The van der Waals surface area contributed by atoms with Crippen LogP contribution in [0.3, 0.4) is 0 Å². The molecule has 0 bridgehead atoms. The molecule has 2 N–H and O–H groups in total. The maximum absolute atomic E-state index is 15.1. The van der Waals surface area contributed by atoms with Crippen LogP contribution in [0.4, 0.5) is 19.5 Å². The number of ether oxygens (including phenoxy) is 1. The number of hydrogen-bond acceptors (Lipinski definition) is 8. The van der Waals surface area contributed by atoms with E-state index < -0.39 is 17.7 Å². The Bertz CT molecular complexity index is 1540. The van der Waals surface area contributed by atoms with Crippen molar-refractivity contribution in [1.29, 1.82) is 10.7 Å². The van der Waals surface area contributed by atoms with Crippen molar-refractivity contribution < 1.29 is 18.3 Å². The molecule has 2 aromatic heterocycles. The molecule has 0 radical (unpaired) electrons. The second kappa shape index (κ2) is 13.9. The maximum atomic E-state index is 15.1. The van der Waals surface area contributed by atoms with E-state index in [4.69, 9.17) is 15.2 Å². The van der Waals surface area contributed by atoms with Gasteiger partial charge in [-0.1, -0.05) is 0 Å². The lowest BCUT2D eigenvalue weighted by atomic mass is 9.97. The monoisotopic (exact) mass is 605 g/mol. The molecular weight excluding hydrogens is 568 g/mol. The van der Waals surface area contributed by atoms with Crippen molar-refractivity contribution in [3.05, 3.63) is 58.5 Å². The summed E-state index contributed by atoms with van der Waals surface area (Å²) >= 11 is 0. The van der Waals surface area contributed by atoms with E-state index in [0.29, 0.717) is 54.9 Å². The minimum atomic E-state index is -0.659. The molecule has 5 rings (SSSR count).